The quantitative estimate of drug-likeness (QED) is 0.793. The Morgan fingerprint density at radius 1 is 0.963 bits per heavy atom. The maximum atomic E-state index is 12.9. The van der Waals surface area contributed by atoms with Crippen LogP contribution in [0.2, 0.25) is 0 Å². The van der Waals surface area contributed by atoms with Gasteiger partial charge in [-0.2, -0.15) is 0 Å². The van der Waals surface area contributed by atoms with Gasteiger partial charge in [-0.1, -0.05) is 19.1 Å². The highest BCUT2D eigenvalue weighted by atomic mass is 16.2. The number of benzene rings is 1. The lowest BCUT2D eigenvalue weighted by Crippen LogP contribution is -2.47. The highest BCUT2D eigenvalue weighted by Crippen LogP contribution is 2.32. The predicted octanol–water partition coefficient (Wildman–Crippen LogP) is 1.38. The first-order chi connectivity index (χ1) is 13.0. The van der Waals surface area contributed by atoms with Crippen molar-refractivity contribution in [3.8, 4) is 0 Å². The number of nitrogens with zero attached hydrogens (tertiary/aromatic N) is 3. The zero-order chi connectivity index (χ0) is 19.6. The Bertz CT molecular complexity index is 777. The molecule has 0 spiro atoms. The maximum absolute atomic E-state index is 12.9. The number of anilines is 1. The van der Waals surface area contributed by atoms with E-state index in [2.05, 4.69) is 17.1 Å². The first-order valence-electron chi connectivity index (χ1n) is 9.42. The fourth-order valence-corrected chi connectivity index (χ4v) is 3.62. The van der Waals surface area contributed by atoms with Crippen LogP contribution in [0.4, 0.5) is 5.69 Å². The third kappa shape index (κ3) is 3.73. The van der Waals surface area contributed by atoms with Crippen LogP contribution in [-0.4, -0.2) is 71.7 Å². The Morgan fingerprint density at radius 3 is 2.11 bits per heavy atom. The number of carbonyl (C=O) groups is 3. The van der Waals surface area contributed by atoms with Gasteiger partial charge in [0.2, 0.25) is 5.91 Å². The second-order valence-corrected chi connectivity index (χ2v) is 6.76. The van der Waals surface area contributed by atoms with Crippen LogP contribution in [0.15, 0.2) is 30.0 Å². The molecule has 0 unspecified atom stereocenters. The average Bonchev–Trinajstić information content (AvgIpc) is 2.92. The monoisotopic (exact) mass is 370 g/mol. The van der Waals surface area contributed by atoms with E-state index in [1.807, 2.05) is 11.8 Å². The van der Waals surface area contributed by atoms with Crippen LogP contribution in [0, 0.1) is 0 Å². The van der Waals surface area contributed by atoms with Crippen LogP contribution in [0.25, 0.3) is 5.57 Å². The SMILES string of the molecule is CCN1CCN(C2=C(c3ccc(NC(C)=O)cc3)C(=O)N(CC)C2=O)CC1. The normalized spacial score (nSPS) is 18.5. The largest absolute Gasteiger partial charge is 0.364 e. The second-order valence-electron chi connectivity index (χ2n) is 6.76. The van der Waals surface area contributed by atoms with Crippen LogP contribution < -0.4 is 5.32 Å². The van der Waals surface area contributed by atoms with Crippen molar-refractivity contribution in [3.63, 3.8) is 0 Å². The summed E-state index contributed by atoms with van der Waals surface area (Å²) in [6.45, 7) is 9.93. The standard InChI is InChI=1S/C20H26N4O3/c1-4-22-10-12-23(13-11-22)18-17(19(26)24(5-2)20(18)27)15-6-8-16(9-7-15)21-14(3)25/h6-9H,4-5,10-13H2,1-3H3,(H,21,25). The van der Waals surface area contributed by atoms with Crippen molar-refractivity contribution in [3.05, 3.63) is 35.5 Å². The molecule has 1 saturated heterocycles. The zero-order valence-corrected chi connectivity index (χ0v) is 16.1. The minimum absolute atomic E-state index is 0.152. The van der Waals surface area contributed by atoms with Crippen LogP contribution >= 0.6 is 0 Å². The topological polar surface area (TPSA) is 73.0 Å². The molecule has 0 bridgehead atoms. The smallest absolute Gasteiger partial charge is 0.277 e. The summed E-state index contributed by atoms with van der Waals surface area (Å²) < 4.78 is 0. The molecular formula is C20H26N4O3. The van der Waals surface area contributed by atoms with Gasteiger partial charge < -0.3 is 15.1 Å². The van der Waals surface area contributed by atoms with Crippen LogP contribution in [0.5, 0.6) is 0 Å². The third-order valence-corrected chi connectivity index (χ3v) is 5.09. The van der Waals surface area contributed by atoms with E-state index in [1.54, 1.807) is 24.3 Å². The molecule has 0 aliphatic carbocycles. The lowest BCUT2D eigenvalue weighted by atomic mass is 10.0. The molecule has 3 amide bonds. The summed E-state index contributed by atoms with van der Waals surface area (Å²) in [6.07, 6.45) is 0. The maximum Gasteiger partial charge on any atom is 0.277 e. The minimum Gasteiger partial charge on any atom is -0.364 e. The lowest BCUT2D eigenvalue weighted by molar-refractivity contribution is -0.137. The van der Waals surface area contributed by atoms with Crippen molar-refractivity contribution in [2.75, 3.05) is 44.6 Å². The molecule has 0 aromatic heterocycles. The van der Waals surface area contributed by atoms with E-state index in [1.165, 1.54) is 11.8 Å². The molecule has 0 radical (unpaired) electrons. The van der Waals surface area contributed by atoms with Crippen molar-refractivity contribution in [2.24, 2.45) is 0 Å². The van der Waals surface area contributed by atoms with E-state index in [9.17, 15) is 14.4 Å². The number of likely N-dealkylation sites (N-methyl/N-ethyl adjacent to an activating group) is 2. The average molecular weight is 370 g/mol. The molecule has 7 heteroatoms. The van der Waals surface area contributed by atoms with E-state index in [0.29, 0.717) is 29.1 Å². The number of rotatable bonds is 5. The Kier molecular flexibility index (Phi) is 5.60. The first kappa shape index (κ1) is 19.1. The van der Waals surface area contributed by atoms with E-state index in [-0.39, 0.29) is 17.7 Å². The number of imide groups is 1. The lowest BCUT2D eigenvalue weighted by Gasteiger charge is -2.35. The van der Waals surface area contributed by atoms with E-state index in [0.717, 1.165) is 32.7 Å². The molecule has 1 aromatic carbocycles. The van der Waals surface area contributed by atoms with Crippen LogP contribution in [-0.2, 0) is 14.4 Å². The van der Waals surface area contributed by atoms with E-state index in [4.69, 9.17) is 0 Å². The Hall–Kier alpha value is -2.67. The summed E-state index contributed by atoms with van der Waals surface area (Å²) in [7, 11) is 0. The number of carbonyl (C=O) groups excluding carboxylic acids is 3. The number of nitrogens with one attached hydrogen (secondary N) is 1. The molecule has 1 fully saturated rings. The van der Waals surface area contributed by atoms with E-state index < -0.39 is 0 Å². The molecule has 144 valence electrons. The number of piperazine rings is 1. The van der Waals surface area contributed by atoms with Gasteiger partial charge in [-0.05, 0) is 31.2 Å². The summed E-state index contributed by atoms with van der Waals surface area (Å²) >= 11 is 0. The number of hydrogen-bond acceptors (Lipinski definition) is 5. The molecule has 1 aromatic rings. The highest BCUT2D eigenvalue weighted by molar-refractivity contribution is 6.35. The van der Waals surface area contributed by atoms with Crippen LogP contribution in [0.1, 0.15) is 26.3 Å². The van der Waals surface area contributed by atoms with Crippen molar-refractivity contribution in [1.29, 1.82) is 0 Å². The molecular weight excluding hydrogens is 344 g/mol. The van der Waals surface area contributed by atoms with Crippen LogP contribution in [0.3, 0.4) is 0 Å². The molecule has 0 saturated carbocycles. The molecule has 27 heavy (non-hydrogen) atoms. The molecule has 3 rings (SSSR count). The summed E-state index contributed by atoms with van der Waals surface area (Å²) in [4.78, 5) is 42.7. The summed E-state index contributed by atoms with van der Waals surface area (Å²) in [5.41, 5.74) is 2.33. The van der Waals surface area contributed by atoms with Gasteiger partial charge in [0.05, 0.1) is 5.57 Å². The summed E-state index contributed by atoms with van der Waals surface area (Å²) in [6, 6.07) is 7.08. The summed E-state index contributed by atoms with van der Waals surface area (Å²) in [5, 5.41) is 2.72. The summed E-state index contributed by atoms with van der Waals surface area (Å²) in [5.74, 6) is -0.614. The molecule has 1 N–H and O–H groups in total. The molecule has 2 heterocycles. The van der Waals surface area contributed by atoms with Crippen molar-refractivity contribution >= 4 is 29.0 Å². The molecule has 2 aliphatic rings. The van der Waals surface area contributed by atoms with E-state index >= 15 is 0 Å². The first-order valence-corrected chi connectivity index (χ1v) is 9.42. The highest BCUT2D eigenvalue weighted by Gasteiger charge is 2.41. The second kappa shape index (κ2) is 7.92. The van der Waals surface area contributed by atoms with Gasteiger partial charge in [-0.3, -0.25) is 19.3 Å². The fraction of sp³-hybridized carbons (Fsp3) is 0.450. The molecule has 0 atom stereocenters. The fourth-order valence-electron chi connectivity index (χ4n) is 3.62. The molecule has 7 nitrogen and oxygen atoms in total. The predicted molar refractivity (Wildman–Crippen MR) is 104 cm³/mol. The third-order valence-electron chi connectivity index (χ3n) is 5.09. The minimum atomic E-state index is -0.248. The zero-order valence-electron chi connectivity index (χ0n) is 16.1. The van der Waals surface area contributed by atoms with Gasteiger partial charge in [0, 0.05) is 45.3 Å². The number of amides is 3. The number of hydrogen-bond donors (Lipinski definition) is 1. The van der Waals surface area contributed by atoms with Gasteiger partial charge in [0.15, 0.2) is 0 Å². The Balaban J connectivity index is 1.96. The van der Waals surface area contributed by atoms with Gasteiger partial charge in [-0.15, -0.1) is 0 Å². The van der Waals surface area contributed by atoms with Crippen molar-refractivity contribution < 1.29 is 14.4 Å². The Morgan fingerprint density at radius 2 is 1.59 bits per heavy atom. The van der Waals surface area contributed by atoms with Crippen molar-refractivity contribution in [2.45, 2.75) is 20.8 Å². The van der Waals surface area contributed by atoms with Gasteiger partial charge in [-0.25, -0.2) is 0 Å². The van der Waals surface area contributed by atoms with Crippen molar-refractivity contribution in [1.82, 2.24) is 14.7 Å². The molecule has 2 aliphatic heterocycles. The van der Waals surface area contributed by atoms with Gasteiger partial charge >= 0.3 is 0 Å². The Labute approximate surface area is 159 Å². The van der Waals surface area contributed by atoms with Gasteiger partial charge in [0.1, 0.15) is 5.70 Å². The van der Waals surface area contributed by atoms with Gasteiger partial charge in [0.25, 0.3) is 11.8 Å².